The maximum absolute atomic E-state index is 13.2. The molecule has 0 saturated heterocycles. The molecule has 2 heterocycles. The van der Waals surface area contributed by atoms with E-state index >= 15 is 0 Å². The second kappa shape index (κ2) is 7.13. The van der Waals surface area contributed by atoms with Crippen LogP contribution in [0.3, 0.4) is 0 Å². The molecule has 1 N–H and O–H groups in total. The van der Waals surface area contributed by atoms with Crippen molar-refractivity contribution in [3.05, 3.63) is 90.1 Å². The summed E-state index contributed by atoms with van der Waals surface area (Å²) in [5, 5.41) is 15.2. The third kappa shape index (κ3) is 3.38. The van der Waals surface area contributed by atoms with Crippen molar-refractivity contribution >= 4 is 16.9 Å². The molecule has 5 nitrogen and oxygen atoms in total. The van der Waals surface area contributed by atoms with Crippen molar-refractivity contribution in [1.29, 1.82) is 0 Å². The van der Waals surface area contributed by atoms with E-state index in [1.807, 2.05) is 30.3 Å². The van der Waals surface area contributed by atoms with Gasteiger partial charge in [0.05, 0.1) is 22.8 Å². The molecule has 0 aliphatic rings. The van der Waals surface area contributed by atoms with Gasteiger partial charge in [0, 0.05) is 23.7 Å². The largest absolute Gasteiger partial charge is 0.481 e. The summed E-state index contributed by atoms with van der Waals surface area (Å²) in [5.74, 6) is -1.54. The molecule has 6 heteroatoms. The number of carboxylic acids is 1. The lowest BCUT2D eigenvalue weighted by atomic mass is 9.71. The van der Waals surface area contributed by atoms with Crippen molar-refractivity contribution in [2.24, 2.45) is 5.41 Å². The Morgan fingerprint density at radius 2 is 1.72 bits per heavy atom. The first-order valence-electron chi connectivity index (χ1n) is 9.25. The minimum Gasteiger partial charge on any atom is -0.481 e. The number of carboxylic acid groups (broad SMARTS) is 1. The Kier molecular flexibility index (Phi) is 4.62. The Balaban J connectivity index is 1.83. The van der Waals surface area contributed by atoms with Crippen molar-refractivity contribution < 1.29 is 14.3 Å². The van der Waals surface area contributed by atoms with Crippen LogP contribution in [-0.4, -0.2) is 25.8 Å². The monoisotopic (exact) mass is 389 g/mol. The van der Waals surface area contributed by atoms with Gasteiger partial charge in [0.25, 0.3) is 0 Å². The fourth-order valence-corrected chi connectivity index (χ4v) is 3.72. The minimum absolute atomic E-state index is 0.302. The number of fused-ring (bicyclic) bond motifs is 1. The standard InChI is InChI=1S/C23H20FN3O2/c1-23(2,22(28)29)21(15-9-11-25-12-10-15)16-3-8-20-17(13-16)14-26-27(20)19-6-4-18(24)5-7-19/h3-14,21H,1-2H3,(H,28,29). The van der Waals surface area contributed by atoms with Crippen molar-refractivity contribution in [1.82, 2.24) is 14.8 Å². The van der Waals surface area contributed by atoms with E-state index in [1.165, 1.54) is 12.1 Å². The molecule has 29 heavy (non-hydrogen) atoms. The van der Waals surface area contributed by atoms with Crippen LogP contribution in [0.2, 0.25) is 0 Å². The van der Waals surface area contributed by atoms with Crippen LogP contribution in [0.5, 0.6) is 0 Å². The van der Waals surface area contributed by atoms with Crippen LogP contribution in [-0.2, 0) is 4.79 Å². The molecule has 0 spiro atoms. The van der Waals surface area contributed by atoms with Gasteiger partial charge >= 0.3 is 5.97 Å². The smallest absolute Gasteiger partial charge is 0.310 e. The van der Waals surface area contributed by atoms with E-state index in [4.69, 9.17) is 0 Å². The third-order valence-corrected chi connectivity index (χ3v) is 5.31. The SMILES string of the molecule is CC(C)(C(=O)O)C(c1ccncc1)c1ccc2c(cnn2-c2ccc(F)cc2)c1. The molecule has 0 aliphatic carbocycles. The van der Waals surface area contributed by atoms with Gasteiger partial charge in [-0.1, -0.05) is 6.07 Å². The quantitative estimate of drug-likeness (QED) is 0.532. The molecule has 4 rings (SSSR count). The minimum atomic E-state index is -1.03. The van der Waals surface area contributed by atoms with Gasteiger partial charge in [0.1, 0.15) is 5.82 Å². The Labute approximate surface area is 167 Å². The first-order valence-corrected chi connectivity index (χ1v) is 9.25. The van der Waals surface area contributed by atoms with Crippen LogP contribution in [0, 0.1) is 11.2 Å². The lowest BCUT2D eigenvalue weighted by Gasteiger charge is -2.31. The van der Waals surface area contributed by atoms with Crippen LogP contribution in [0.1, 0.15) is 30.9 Å². The van der Waals surface area contributed by atoms with E-state index < -0.39 is 11.4 Å². The summed E-state index contributed by atoms with van der Waals surface area (Å²) >= 11 is 0. The number of carbonyl (C=O) groups is 1. The number of aromatic nitrogens is 3. The summed E-state index contributed by atoms with van der Waals surface area (Å²) in [7, 11) is 0. The molecule has 1 atom stereocenters. The van der Waals surface area contributed by atoms with Gasteiger partial charge in [-0.15, -0.1) is 0 Å². The van der Waals surface area contributed by atoms with Crippen molar-refractivity contribution in [3.63, 3.8) is 0 Å². The topological polar surface area (TPSA) is 68.0 Å². The molecular formula is C23H20FN3O2. The van der Waals surface area contributed by atoms with Gasteiger partial charge in [-0.05, 0) is 73.5 Å². The molecule has 0 fully saturated rings. The Morgan fingerprint density at radius 3 is 2.38 bits per heavy atom. The normalized spacial score (nSPS) is 12.8. The fraction of sp³-hybridized carbons (Fsp3) is 0.174. The van der Waals surface area contributed by atoms with Gasteiger partial charge < -0.3 is 5.11 Å². The third-order valence-electron chi connectivity index (χ3n) is 5.31. The predicted molar refractivity (Wildman–Crippen MR) is 109 cm³/mol. The van der Waals surface area contributed by atoms with E-state index in [2.05, 4.69) is 10.1 Å². The number of hydrogen-bond acceptors (Lipinski definition) is 3. The second-order valence-electron chi connectivity index (χ2n) is 7.59. The fourth-order valence-electron chi connectivity index (χ4n) is 3.72. The van der Waals surface area contributed by atoms with Gasteiger partial charge in [-0.2, -0.15) is 5.10 Å². The number of halogens is 1. The summed E-state index contributed by atoms with van der Waals surface area (Å²) in [5.41, 5.74) is 2.36. The lowest BCUT2D eigenvalue weighted by molar-refractivity contribution is -0.147. The number of hydrogen-bond donors (Lipinski definition) is 1. The van der Waals surface area contributed by atoms with Crippen LogP contribution < -0.4 is 0 Å². The molecule has 0 aliphatic heterocycles. The average molecular weight is 389 g/mol. The first-order chi connectivity index (χ1) is 13.9. The summed E-state index contributed by atoms with van der Waals surface area (Å²) in [4.78, 5) is 16.1. The zero-order valence-corrected chi connectivity index (χ0v) is 16.1. The molecule has 0 radical (unpaired) electrons. The molecule has 0 saturated carbocycles. The molecule has 0 amide bonds. The highest BCUT2D eigenvalue weighted by molar-refractivity contribution is 5.82. The molecule has 2 aromatic heterocycles. The molecule has 2 aromatic carbocycles. The molecule has 1 unspecified atom stereocenters. The zero-order chi connectivity index (χ0) is 20.6. The van der Waals surface area contributed by atoms with E-state index in [0.29, 0.717) is 0 Å². The molecular weight excluding hydrogens is 369 g/mol. The predicted octanol–water partition coefficient (Wildman–Crippen LogP) is 4.80. The van der Waals surface area contributed by atoms with Crippen LogP contribution in [0.15, 0.2) is 73.2 Å². The van der Waals surface area contributed by atoms with Crippen molar-refractivity contribution in [3.8, 4) is 5.69 Å². The van der Waals surface area contributed by atoms with E-state index in [0.717, 1.165) is 27.7 Å². The summed E-state index contributed by atoms with van der Waals surface area (Å²) in [6.07, 6.45) is 5.08. The summed E-state index contributed by atoms with van der Waals surface area (Å²) in [6.45, 7) is 3.46. The van der Waals surface area contributed by atoms with E-state index in [9.17, 15) is 14.3 Å². The number of rotatable bonds is 5. The van der Waals surface area contributed by atoms with E-state index in [1.54, 1.807) is 49.3 Å². The second-order valence-corrected chi connectivity index (χ2v) is 7.59. The number of pyridine rings is 1. The Hall–Kier alpha value is -3.54. The first kappa shape index (κ1) is 18.8. The number of nitrogens with zero attached hydrogens (tertiary/aromatic N) is 3. The highest BCUT2D eigenvalue weighted by atomic mass is 19.1. The highest BCUT2D eigenvalue weighted by Gasteiger charge is 2.39. The van der Waals surface area contributed by atoms with Crippen LogP contribution in [0.25, 0.3) is 16.6 Å². The Bertz CT molecular complexity index is 1170. The lowest BCUT2D eigenvalue weighted by Crippen LogP contribution is -2.32. The van der Waals surface area contributed by atoms with E-state index in [-0.39, 0.29) is 11.7 Å². The highest BCUT2D eigenvalue weighted by Crippen LogP contribution is 2.41. The van der Waals surface area contributed by atoms with Gasteiger partial charge in [-0.3, -0.25) is 9.78 Å². The van der Waals surface area contributed by atoms with Crippen molar-refractivity contribution in [2.75, 3.05) is 0 Å². The number of benzene rings is 2. The van der Waals surface area contributed by atoms with Crippen LogP contribution in [0.4, 0.5) is 4.39 Å². The molecule has 0 bridgehead atoms. The molecule has 146 valence electrons. The Morgan fingerprint density at radius 1 is 1.03 bits per heavy atom. The zero-order valence-electron chi connectivity index (χ0n) is 16.1. The summed E-state index contributed by atoms with van der Waals surface area (Å²) in [6, 6.07) is 15.7. The molecule has 4 aromatic rings. The van der Waals surface area contributed by atoms with Gasteiger partial charge in [0.15, 0.2) is 0 Å². The van der Waals surface area contributed by atoms with Gasteiger partial charge in [0.2, 0.25) is 0 Å². The summed E-state index contributed by atoms with van der Waals surface area (Å²) < 4.78 is 15.0. The van der Waals surface area contributed by atoms with Crippen molar-refractivity contribution in [2.45, 2.75) is 19.8 Å². The van der Waals surface area contributed by atoms with Gasteiger partial charge in [-0.25, -0.2) is 9.07 Å². The average Bonchev–Trinajstić information content (AvgIpc) is 3.12. The van der Waals surface area contributed by atoms with Crippen LogP contribution >= 0.6 is 0 Å². The maximum Gasteiger partial charge on any atom is 0.310 e. The number of aliphatic carboxylic acids is 1. The maximum atomic E-state index is 13.2.